The third-order valence-electron chi connectivity index (χ3n) is 5.88. The zero-order chi connectivity index (χ0) is 24.2. The zero-order valence-corrected chi connectivity index (χ0v) is 20.1. The second-order valence-electron chi connectivity index (χ2n) is 8.09. The fourth-order valence-corrected chi connectivity index (χ4v) is 5.01. The maximum atomic E-state index is 13.1. The average Bonchev–Trinajstić information content (AvgIpc) is 3.54. The molecule has 0 unspecified atom stereocenters. The van der Waals surface area contributed by atoms with Crippen molar-refractivity contribution in [2.75, 3.05) is 24.3 Å². The maximum Gasteiger partial charge on any atom is 0.227 e. The molecule has 1 aromatic heterocycles. The monoisotopic (exact) mass is 484 g/mol. The van der Waals surface area contributed by atoms with Gasteiger partial charge in [0.15, 0.2) is 16.8 Å². The number of benzene rings is 3. The Kier molecular flexibility index (Phi) is 6.63. The summed E-state index contributed by atoms with van der Waals surface area (Å²) in [7, 11) is 1.63. The zero-order valence-electron chi connectivity index (χ0n) is 19.3. The number of anilines is 1. The predicted molar refractivity (Wildman–Crippen MR) is 136 cm³/mol. The van der Waals surface area contributed by atoms with Gasteiger partial charge in [0.1, 0.15) is 5.75 Å². The Balaban J connectivity index is 1.43. The van der Waals surface area contributed by atoms with Crippen LogP contribution in [0.15, 0.2) is 84.0 Å². The van der Waals surface area contributed by atoms with Gasteiger partial charge in [-0.15, -0.1) is 10.2 Å². The number of aromatic nitrogens is 3. The first kappa shape index (κ1) is 22.9. The van der Waals surface area contributed by atoms with Crippen LogP contribution in [0.2, 0.25) is 0 Å². The van der Waals surface area contributed by atoms with Crippen molar-refractivity contribution in [1.82, 2.24) is 14.8 Å². The number of ketones is 1. The number of ether oxygens (including phenoxy) is 1. The molecule has 0 aliphatic carbocycles. The van der Waals surface area contributed by atoms with E-state index in [0.29, 0.717) is 35.3 Å². The topological polar surface area (TPSA) is 77.3 Å². The van der Waals surface area contributed by atoms with Crippen LogP contribution in [0.1, 0.15) is 23.2 Å². The summed E-state index contributed by atoms with van der Waals surface area (Å²) in [6, 6.07) is 24.7. The number of hydrogen-bond acceptors (Lipinski definition) is 6. The van der Waals surface area contributed by atoms with Gasteiger partial charge in [0.25, 0.3) is 0 Å². The lowest BCUT2D eigenvalue weighted by Crippen LogP contribution is -2.23. The molecule has 176 valence electrons. The number of amides is 1. The summed E-state index contributed by atoms with van der Waals surface area (Å²) in [5.74, 6) is 1.58. The van der Waals surface area contributed by atoms with Crippen molar-refractivity contribution in [3.05, 3.63) is 84.4 Å². The maximum absolute atomic E-state index is 13.1. The lowest BCUT2D eigenvalue weighted by atomic mass is 10.1. The Labute approximate surface area is 207 Å². The number of para-hydroxylation sites is 2. The van der Waals surface area contributed by atoms with Crippen molar-refractivity contribution in [3.8, 4) is 22.8 Å². The first-order valence-corrected chi connectivity index (χ1v) is 12.3. The molecule has 3 aromatic carbocycles. The Morgan fingerprint density at radius 1 is 0.971 bits per heavy atom. The number of rotatable bonds is 8. The van der Waals surface area contributed by atoms with E-state index in [-0.39, 0.29) is 17.4 Å². The second-order valence-corrected chi connectivity index (χ2v) is 9.03. The third-order valence-corrected chi connectivity index (χ3v) is 6.81. The van der Waals surface area contributed by atoms with Gasteiger partial charge in [0.05, 0.1) is 18.4 Å². The molecule has 1 saturated heterocycles. The lowest BCUT2D eigenvalue weighted by molar-refractivity contribution is -0.117. The average molecular weight is 485 g/mol. The summed E-state index contributed by atoms with van der Waals surface area (Å²) < 4.78 is 7.49. The SMILES string of the molecule is COc1ccccc1-c1nnc(SCC(=O)c2cccc(N3CCCC3=O)c2)n1-c1ccccc1. The van der Waals surface area contributed by atoms with E-state index in [1.807, 2.05) is 71.3 Å². The molecule has 7 nitrogen and oxygen atoms in total. The number of methoxy groups -OCH3 is 1. The molecule has 1 aliphatic heterocycles. The van der Waals surface area contributed by atoms with Gasteiger partial charge in [-0.2, -0.15) is 0 Å². The first-order valence-electron chi connectivity index (χ1n) is 11.4. The van der Waals surface area contributed by atoms with Gasteiger partial charge in [-0.05, 0) is 42.8 Å². The van der Waals surface area contributed by atoms with Crippen LogP contribution in [-0.2, 0) is 4.79 Å². The third kappa shape index (κ3) is 4.70. The van der Waals surface area contributed by atoms with E-state index >= 15 is 0 Å². The minimum atomic E-state index is -0.0371. The van der Waals surface area contributed by atoms with Crippen molar-refractivity contribution in [2.24, 2.45) is 0 Å². The molecule has 0 atom stereocenters. The number of Topliss-reactive ketones (excluding diaryl/α,β-unsaturated/α-hetero) is 1. The summed E-state index contributed by atoms with van der Waals surface area (Å²) in [5, 5.41) is 9.48. The van der Waals surface area contributed by atoms with Gasteiger partial charge >= 0.3 is 0 Å². The molecule has 0 saturated carbocycles. The summed E-state index contributed by atoms with van der Waals surface area (Å²) in [6.07, 6.45) is 1.40. The summed E-state index contributed by atoms with van der Waals surface area (Å²) in [4.78, 5) is 26.9. The standard InChI is InChI=1S/C27H24N4O3S/c1-34-24-14-6-5-13-22(24)26-28-29-27(31(26)20-10-3-2-4-11-20)35-18-23(32)19-9-7-12-21(17-19)30-16-8-15-25(30)33/h2-7,9-14,17H,8,15-16,18H2,1H3. The van der Waals surface area contributed by atoms with Crippen LogP contribution >= 0.6 is 11.8 Å². The van der Waals surface area contributed by atoms with Crippen LogP contribution in [0, 0.1) is 0 Å². The van der Waals surface area contributed by atoms with E-state index in [4.69, 9.17) is 4.74 Å². The van der Waals surface area contributed by atoms with Crippen LogP contribution in [-0.4, -0.2) is 45.9 Å². The van der Waals surface area contributed by atoms with Crippen LogP contribution in [0.4, 0.5) is 5.69 Å². The highest BCUT2D eigenvalue weighted by Crippen LogP contribution is 2.33. The fourth-order valence-electron chi connectivity index (χ4n) is 4.16. The molecule has 0 spiro atoms. The van der Waals surface area contributed by atoms with E-state index in [2.05, 4.69) is 10.2 Å². The van der Waals surface area contributed by atoms with Crippen LogP contribution < -0.4 is 9.64 Å². The Bertz CT molecular complexity index is 1370. The second kappa shape index (κ2) is 10.1. The predicted octanol–water partition coefficient (Wildman–Crippen LogP) is 5.04. The van der Waals surface area contributed by atoms with E-state index in [1.165, 1.54) is 11.8 Å². The number of thioether (sulfide) groups is 1. The fraction of sp³-hybridized carbons (Fsp3) is 0.185. The van der Waals surface area contributed by atoms with Crippen molar-refractivity contribution < 1.29 is 14.3 Å². The smallest absolute Gasteiger partial charge is 0.227 e. The van der Waals surface area contributed by atoms with E-state index in [1.54, 1.807) is 24.1 Å². The highest BCUT2D eigenvalue weighted by atomic mass is 32.2. The van der Waals surface area contributed by atoms with Gasteiger partial charge in [-0.3, -0.25) is 14.2 Å². The summed E-state index contributed by atoms with van der Waals surface area (Å²) in [5.41, 5.74) is 3.05. The van der Waals surface area contributed by atoms with Crippen molar-refractivity contribution in [1.29, 1.82) is 0 Å². The molecule has 2 heterocycles. The largest absolute Gasteiger partial charge is 0.496 e. The molecule has 5 rings (SSSR count). The molecular formula is C27H24N4O3S. The summed E-state index contributed by atoms with van der Waals surface area (Å²) in [6.45, 7) is 0.692. The molecule has 1 amide bonds. The van der Waals surface area contributed by atoms with E-state index in [0.717, 1.165) is 23.4 Å². The lowest BCUT2D eigenvalue weighted by Gasteiger charge is -2.16. The van der Waals surface area contributed by atoms with Crippen molar-refractivity contribution >= 4 is 29.1 Å². The van der Waals surface area contributed by atoms with Gasteiger partial charge < -0.3 is 9.64 Å². The van der Waals surface area contributed by atoms with Gasteiger partial charge in [-0.1, -0.05) is 54.2 Å². The van der Waals surface area contributed by atoms with Crippen molar-refractivity contribution in [2.45, 2.75) is 18.0 Å². The molecule has 35 heavy (non-hydrogen) atoms. The first-order chi connectivity index (χ1) is 17.2. The molecule has 1 fully saturated rings. The highest BCUT2D eigenvalue weighted by Gasteiger charge is 2.23. The Hall–Kier alpha value is -3.91. The number of hydrogen-bond donors (Lipinski definition) is 0. The molecule has 0 bridgehead atoms. The molecular weight excluding hydrogens is 460 g/mol. The van der Waals surface area contributed by atoms with Crippen LogP contribution in [0.25, 0.3) is 17.1 Å². The van der Waals surface area contributed by atoms with E-state index in [9.17, 15) is 9.59 Å². The minimum Gasteiger partial charge on any atom is -0.496 e. The molecule has 1 aliphatic rings. The van der Waals surface area contributed by atoms with Crippen molar-refractivity contribution in [3.63, 3.8) is 0 Å². The molecule has 0 N–H and O–H groups in total. The molecule has 0 radical (unpaired) electrons. The van der Waals surface area contributed by atoms with Gasteiger partial charge in [0, 0.05) is 29.9 Å². The molecule has 4 aromatic rings. The summed E-state index contributed by atoms with van der Waals surface area (Å²) >= 11 is 1.33. The number of nitrogens with zero attached hydrogens (tertiary/aromatic N) is 4. The Morgan fingerprint density at radius 3 is 2.51 bits per heavy atom. The Morgan fingerprint density at radius 2 is 1.74 bits per heavy atom. The number of carbonyl (C=O) groups is 2. The minimum absolute atomic E-state index is 0.0371. The van der Waals surface area contributed by atoms with Crippen LogP contribution in [0.5, 0.6) is 5.75 Å². The normalized spacial score (nSPS) is 13.3. The van der Waals surface area contributed by atoms with Gasteiger partial charge in [-0.25, -0.2) is 0 Å². The quantitative estimate of drug-likeness (QED) is 0.257. The highest BCUT2D eigenvalue weighted by molar-refractivity contribution is 7.99. The number of carbonyl (C=O) groups excluding carboxylic acids is 2. The molecule has 8 heteroatoms. The van der Waals surface area contributed by atoms with E-state index < -0.39 is 0 Å². The van der Waals surface area contributed by atoms with Gasteiger partial charge in [0.2, 0.25) is 5.91 Å². The van der Waals surface area contributed by atoms with Crippen LogP contribution in [0.3, 0.4) is 0 Å².